The molecule has 1 aliphatic rings. The number of esters is 1. The molecular formula is C24H20N2O5S2. The Balaban J connectivity index is 1.50. The minimum atomic E-state index is -0.823. The summed E-state index contributed by atoms with van der Waals surface area (Å²) in [6, 6.07) is 15.0. The molecule has 0 spiro atoms. The van der Waals surface area contributed by atoms with Crippen LogP contribution in [-0.2, 0) is 9.53 Å². The minimum absolute atomic E-state index is 0.0917. The molecular weight excluding hydrogens is 460 g/mol. The summed E-state index contributed by atoms with van der Waals surface area (Å²) >= 11 is 2.69. The van der Waals surface area contributed by atoms with Gasteiger partial charge in [0, 0.05) is 5.56 Å². The van der Waals surface area contributed by atoms with E-state index in [-0.39, 0.29) is 19.1 Å². The average Bonchev–Trinajstić information content (AvgIpc) is 3.39. The first-order valence-corrected chi connectivity index (χ1v) is 12.0. The third-order valence-corrected chi connectivity index (χ3v) is 7.39. The molecule has 1 atom stereocenters. The SMILES string of the molecule is CCOC(=O)c1sc(NC(=O)C2COc3ccccc3O2)c(-c2nc3ccccc3s2)c1C. The molecule has 4 aromatic rings. The highest BCUT2D eigenvalue weighted by Crippen LogP contribution is 2.44. The molecule has 9 heteroatoms. The number of carbonyl (C=O) groups is 2. The lowest BCUT2D eigenvalue weighted by Gasteiger charge is -2.25. The number of hydrogen-bond donors (Lipinski definition) is 1. The third kappa shape index (κ3) is 4.05. The molecule has 33 heavy (non-hydrogen) atoms. The number of benzene rings is 2. The lowest BCUT2D eigenvalue weighted by atomic mass is 10.1. The summed E-state index contributed by atoms with van der Waals surface area (Å²) in [6.07, 6.45) is -0.823. The number of anilines is 1. The fourth-order valence-corrected chi connectivity index (χ4v) is 5.81. The Kier molecular flexibility index (Phi) is 5.74. The van der Waals surface area contributed by atoms with E-state index < -0.39 is 12.1 Å². The van der Waals surface area contributed by atoms with E-state index in [4.69, 9.17) is 19.2 Å². The molecule has 0 aliphatic carbocycles. The standard InChI is InChI=1S/C24H20N2O5S2/c1-3-29-24(28)20-13(2)19(22-25-14-8-4-7-11-18(14)32-22)23(33-20)26-21(27)17-12-30-15-9-5-6-10-16(15)31-17/h4-11,17H,3,12H2,1-2H3,(H,26,27). The number of thiophene rings is 1. The van der Waals surface area contributed by atoms with Gasteiger partial charge in [0.05, 0.1) is 16.8 Å². The van der Waals surface area contributed by atoms with Crippen LogP contribution in [0.5, 0.6) is 11.5 Å². The van der Waals surface area contributed by atoms with Crippen LogP contribution >= 0.6 is 22.7 Å². The number of amides is 1. The highest BCUT2D eigenvalue weighted by molar-refractivity contribution is 7.23. The Bertz CT molecular complexity index is 1330. The summed E-state index contributed by atoms with van der Waals surface area (Å²) < 4.78 is 17.8. The van der Waals surface area contributed by atoms with Gasteiger partial charge < -0.3 is 19.5 Å². The Labute approximate surface area is 197 Å². The van der Waals surface area contributed by atoms with E-state index in [0.29, 0.717) is 21.4 Å². The van der Waals surface area contributed by atoms with Crippen molar-refractivity contribution in [1.82, 2.24) is 4.98 Å². The van der Waals surface area contributed by atoms with Crippen LogP contribution in [0.4, 0.5) is 5.00 Å². The number of nitrogens with one attached hydrogen (secondary N) is 1. The monoisotopic (exact) mass is 480 g/mol. The molecule has 1 amide bonds. The summed E-state index contributed by atoms with van der Waals surface area (Å²) in [5.74, 6) is 0.343. The topological polar surface area (TPSA) is 86.8 Å². The van der Waals surface area contributed by atoms with Crippen LogP contribution in [0, 0.1) is 6.92 Å². The van der Waals surface area contributed by atoms with Crippen molar-refractivity contribution in [2.24, 2.45) is 0 Å². The maximum absolute atomic E-state index is 13.1. The van der Waals surface area contributed by atoms with Crippen molar-refractivity contribution in [2.75, 3.05) is 18.5 Å². The summed E-state index contributed by atoms with van der Waals surface area (Å²) in [6.45, 7) is 3.96. The van der Waals surface area contributed by atoms with E-state index in [1.165, 1.54) is 22.7 Å². The van der Waals surface area contributed by atoms with E-state index in [1.807, 2.05) is 43.3 Å². The van der Waals surface area contributed by atoms with Gasteiger partial charge in [0.15, 0.2) is 11.5 Å². The first-order valence-electron chi connectivity index (χ1n) is 10.4. The zero-order valence-electron chi connectivity index (χ0n) is 17.9. The molecule has 1 aliphatic heterocycles. The van der Waals surface area contributed by atoms with Gasteiger partial charge in [0.1, 0.15) is 21.5 Å². The third-order valence-electron chi connectivity index (χ3n) is 5.15. The zero-order chi connectivity index (χ0) is 22.9. The molecule has 168 valence electrons. The van der Waals surface area contributed by atoms with Gasteiger partial charge in [-0.1, -0.05) is 24.3 Å². The van der Waals surface area contributed by atoms with Crippen molar-refractivity contribution in [1.29, 1.82) is 0 Å². The summed E-state index contributed by atoms with van der Waals surface area (Å²) in [4.78, 5) is 30.9. The van der Waals surface area contributed by atoms with Crippen molar-refractivity contribution in [3.63, 3.8) is 0 Å². The Hall–Kier alpha value is -3.43. The molecule has 0 saturated heterocycles. The Morgan fingerprint density at radius 1 is 1.12 bits per heavy atom. The number of ether oxygens (including phenoxy) is 3. The first-order chi connectivity index (χ1) is 16.0. The molecule has 0 bridgehead atoms. The Morgan fingerprint density at radius 3 is 2.67 bits per heavy atom. The second-order valence-electron chi connectivity index (χ2n) is 7.32. The number of rotatable bonds is 5. The maximum atomic E-state index is 13.1. The van der Waals surface area contributed by atoms with Gasteiger partial charge in [0.2, 0.25) is 6.10 Å². The lowest BCUT2D eigenvalue weighted by Crippen LogP contribution is -2.40. The second kappa shape index (κ2) is 8.84. The molecule has 3 heterocycles. The van der Waals surface area contributed by atoms with Gasteiger partial charge in [0.25, 0.3) is 5.91 Å². The van der Waals surface area contributed by atoms with Crippen molar-refractivity contribution < 1.29 is 23.8 Å². The molecule has 0 fully saturated rings. The normalized spacial score (nSPS) is 14.8. The fraction of sp³-hybridized carbons (Fsp3) is 0.208. The number of fused-ring (bicyclic) bond motifs is 2. The van der Waals surface area contributed by atoms with Gasteiger partial charge in [-0.25, -0.2) is 9.78 Å². The molecule has 2 aromatic heterocycles. The number of aromatic nitrogens is 1. The average molecular weight is 481 g/mol. The highest BCUT2D eigenvalue weighted by atomic mass is 32.1. The van der Waals surface area contributed by atoms with Gasteiger partial charge in [-0.05, 0) is 43.7 Å². The van der Waals surface area contributed by atoms with E-state index in [0.717, 1.165) is 26.4 Å². The van der Waals surface area contributed by atoms with E-state index in [1.54, 1.807) is 19.1 Å². The zero-order valence-corrected chi connectivity index (χ0v) is 19.5. The van der Waals surface area contributed by atoms with E-state index >= 15 is 0 Å². The molecule has 2 aromatic carbocycles. The second-order valence-corrected chi connectivity index (χ2v) is 9.37. The smallest absolute Gasteiger partial charge is 0.348 e. The maximum Gasteiger partial charge on any atom is 0.348 e. The molecule has 0 radical (unpaired) electrons. The fourth-order valence-electron chi connectivity index (χ4n) is 3.57. The summed E-state index contributed by atoms with van der Waals surface area (Å²) in [5.41, 5.74) is 2.30. The van der Waals surface area contributed by atoms with Gasteiger partial charge in [-0.3, -0.25) is 4.79 Å². The van der Waals surface area contributed by atoms with Crippen LogP contribution in [0.25, 0.3) is 20.8 Å². The molecule has 1 N–H and O–H groups in total. The van der Waals surface area contributed by atoms with Gasteiger partial charge in [-0.15, -0.1) is 22.7 Å². The first kappa shape index (κ1) is 21.4. The van der Waals surface area contributed by atoms with E-state index in [9.17, 15) is 9.59 Å². The van der Waals surface area contributed by atoms with Crippen molar-refractivity contribution >= 4 is 49.8 Å². The number of hydrogen-bond acceptors (Lipinski definition) is 8. The Morgan fingerprint density at radius 2 is 1.88 bits per heavy atom. The summed E-state index contributed by atoms with van der Waals surface area (Å²) in [7, 11) is 0. The quantitative estimate of drug-likeness (QED) is 0.391. The lowest BCUT2D eigenvalue weighted by molar-refractivity contribution is -0.125. The molecule has 7 nitrogen and oxygen atoms in total. The predicted octanol–water partition coefficient (Wildman–Crippen LogP) is 5.29. The van der Waals surface area contributed by atoms with Crippen molar-refractivity contribution in [3.8, 4) is 22.1 Å². The number of thiazole rings is 1. The number of nitrogens with zero attached hydrogens (tertiary/aromatic N) is 1. The summed E-state index contributed by atoms with van der Waals surface area (Å²) in [5, 5.41) is 4.20. The van der Waals surface area contributed by atoms with Crippen LogP contribution in [0.1, 0.15) is 22.2 Å². The highest BCUT2D eigenvalue weighted by Gasteiger charge is 2.30. The van der Waals surface area contributed by atoms with Crippen LogP contribution in [0.2, 0.25) is 0 Å². The largest absolute Gasteiger partial charge is 0.485 e. The number of para-hydroxylation sites is 3. The molecule has 1 unspecified atom stereocenters. The van der Waals surface area contributed by atoms with Crippen LogP contribution < -0.4 is 14.8 Å². The van der Waals surface area contributed by atoms with Crippen molar-refractivity contribution in [2.45, 2.75) is 20.0 Å². The molecule has 0 saturated carbocycles. The van der Waals surface area contributed by atoms with Crippen LogP contribution in [0.15, 0.2) is 48.5 Å². The van der Waals surface area contributed by atoms with Crippen LogP contribution in [-0.4, -0.2) is 36.2 Å². The van der Waals surface area contributed by atoms with Gasteiger partial charge in [-0.2, -0.15) is 0 Å². The van der Waals surface area contributed by atoms with Gasteiger partial charge >= 0.3 is 5.97 Å². The van der Waals surface area contributed by atoms with E-state index in [2.05, 4.69) is 5.32 Å². The minimum Gasteiger partial charge on any atom is -0.485 e. The predicted molar refractivity (Wildman–Crippen MR) is 129 cm³/mol. The number of carbonyl (C=O) groups excluding carboxylic acids is 2. The van der Waals surface area contributed by atoms with Crippen molar-refractivity contribution in [3.05, 3.63) is 59.0 Å². The van der Waals surface area contributed by atoms with Crippen LogP contribution in [0.3, 0.4) is 0 Å². The molecule has 5 rings (SSSR count).